The van der Waals surface area contributed by atoms with Crippen molar-refractivity contribution in [3.05, 3.63) is 35.9 Å². The Morgan fingerprint density at radius 3 is 1.27 bits per heavy atom. The highest BCUT2D eigenvalue weighted by Gasteiger charge is 2.35. The molecule has 0 radical (unpaired) electrons. The third-order valence-corrected chi connectivity index (χ3v) is 8.27. The summed E-state index contributed by atoms with van der Waals surface area (Å²) >= 11 is 0. The van der Waals surface area contributed by atoms with Gasteiger partial charge in [0.25, 0.3) is 0 Å². The maximum Gasteiger partial charge on any atom is 0.183 e. The SMILES string of the molecule is C.C1CCC2(C1)CCCC2.C1C[NH+]2CC[NH+]1CC2.CC(C)(C)CC(C)(C)C.CCCc1ccccc1.N=C(N)N. The molecule has 234 valence electrons. The van der Waals surface area contributed by atoms with E-state index in [1.165, 1.54) is 89.8 Å². The van der Waals surface area contributed by atoms with Crippen molar-refractivity contribution in [1.82, 2.24) is 0 Å². The fraction of sp³-hybridized carbons (Fsp3) is 0.800. The van der Waals surface area contributed by atoms with Crippen LogP contribution in [0.3, 0.4) is 0 Å². The lowest BCUT2D eigenvalue weighted by atomic mass is 9.78. The Morgan fingerprint density at radius 2 is 1.05 bits per heavy atom. The molecule has 0 aromatic heterocycles. The van der Waals surface area contributed by atoms with Crippen LogP contribution in [-0.4, -0.2) is 45.2 Å². The van der Waals surface area contributed by atoms with Crippen molar-refractivity contribution < 1.29 is 9.80 Å². The molecule has 0 unspecified atom stereocenters. The quantitative estimate of drug-likeness (QED) is 0.244. The van der Waals surface area contributed by atoms with Gasteiger partial charge >= 0.3 is 0 Å². The van der Waals surface area contributed by atoms with E-state index >= 15 is 0 Å². The molecule has 0 amide bonds. The Kier molecular flexibility index (Phi) is 18.7. The van der Waals surface area contributed by atoms with Crippen molar-refractivity contribution in [2.75, 3.05) is 39.3 Å². The van der Waals surface area contributed by atoms with Gasteiger partial charge in [-0.3, -0.25) is 5.41 Å². The fourth-order valence-corrected chi connectivity index (χ4v) is 7.09. The molecule has 2 aliphatic carbocycles. The van der Waals surface area contributed by atoms with Gasteiger partial charge in [0.15, 0.2) is 5.96 Å². The summed E-state index contributed by atoms with van der Waals surface area (Å²) in [6.45, 7) is 24.6. The summed E-state index contributed by atoms with van der Waals surface area (Å²) in [5.41, 5.74) is 12.2. The van der Waals surface area contributed by atoms with Gasteiger partial charge < -0.3 is 21.3 Å². The van der Waals surface area contributed by atoms with Crippen LogP contribution in [0.25, 0.3) is 0 Å². The molecular weight excluding hydrogens is 490 g/mol. The van der Waals surface area contributed by atoms with Crippen molar-refractivity contribution in [3.8, 4) is 0 Å². The normalized spacial score (nSPS) is 22.1. The molecule has 1 spiro atoms. The molecular formula is C35H71N5+2. The zero-order valence-corrected chi connectivity index (χ0v) is 27.1. The van der Waals surface area contributed by atoms with Crippen molar-refractivity contribution in [2.24, 2.45) is 27.7 Å². The maximum atomic E-state index is 6.06. The number of hydrogen-bond acceptors (Lipinski definition) is 1. The fourth-order valence-electron chi connectivity index (χ4n) is 7.09. The van der Waals surface area contributed by atoms with Gasteiger partial charge in [0, 0.05) is 0 Å². The maximum absolute atomic E-state index is 6.06. The van der Waals surface area contributed by atoms with Crippen LogP contribution in [0.1, 0.15) is 126 Å². The van der Waals surface area contributed by atoms with Gasteiger partial charge in [0.1, 0.15) is 39.3 Å². The predicted octanol–water partition coefficient (Wildman–Crippen LogP) is 5.49. The van der Waals surface area contributed by atoms with E-state index in [1.54, 1.807) is 25.7 Å². The van der Waals surface area contributed by atoms with Crippen LogP contribution in [-0.2, 0) is 6.42 Å². The predicted molar refractivity (Wildman–Crippen MR) is 177 cm³/mol. The van der Waals surface area contributed by atoms with E-state index in [-0.39, 0.29) is 13.4 Å². The Balaban J connectivity index is 0.000000482. The van der Waals surface area contributed by atoms with Crippen LogP contribution in [0, 0.1) is 21.7 Å². The molecule has 3 saturated heterocycles. The zero-order chi connectivity index (χ0) is 29.4. The number of nitrogens with two attached hydrogens (primary N) is 2. The monoisotopic (exact) mass is 562 g/mol. The summed E-state index contributed by atoms with van der Waals surface area (Å²) in [6.07, 6.45) is 16.1. The molecule has 1 aromatic rings. The minimum Gasteiger partial charge on any atom is -0.370 e. The standard InChI is InChI=1S/C9H16.C9H12.C9H20.C6H12N2.CH5N3.CH4/c1-2-6-9(5-1)7-3-4-8-9;1-2-6-9-7-4-3-5-8-9;1-8(2,3)7-9(4,5)6;1-2-8-5-3-7(1)4-6-8;2-1(3)4;/h1-8H2;3-5,7-8H,2,6H2,1H3;7H2,1-6H3;1-6H2;(H5,2,3,4);1H4/p+2. The summed E-state index contributed by atoms with van der Waals surface area (Å²) in [5, 5.41) is 6.06. The molecule has 6 rings (SSSR count). The number of quaternary nitrogens is 2. The number of nitrogens with one attached hydrogen (secondary N) is 3. The molecule has 7 N–H and O–H groups in total. The summed E-state index contributed by atoms with van der Waals surface area (Å²) < 4.78 is 0. The lowest BCUT2D eigenvalue weighted by Crippen LogP contribution is -3.35. The average molecular weight is 562 g/mol. The highest BCUT2D eigenvalue weighted by molar-refractivity contribution is 5.71. The van der Waals surface area contributed by atoms with E-state index in [1.807, 2.05) is 9.80 Å². The van der Waals surface area contributed by atoms with Crippen molar-refractivity contribution in [1.29, 1.82) is 5.41 Å². The first-order valence-electron chi connectivity index (χ1n) is 16.0. The number of hydrogen-bond donors (Lipinski definition) is 5. The van der Waals surface area contributed by atoms with Crippen LogP contribution in [0.2, 0.25) is 0 Å². The Bertz CT molecular complexity index is 686. The molecule has 5 nitrogen and oxygen atoms in total. The van der Waals surface area contributed by atoms with E-state index in [0.717, 1.165) is 5.41 Å². The van der Waals surface area contributed by atoms with Crippen LogP contribution < -0.4 is 21.3 Å². The number of guanidine groups is 1. The molecule has 3 heterocycles. The first-order chi connectivity index (χ1) is 18.2. The number of fused-ring (bicyclic) bond motifs is 3. The van der Waals surface area contributed by atoms with E-state index in [0.29, 0.717) is 10.8 Å². The molecule has 5 heteroatoms. The van der Waals surface area contributed by atoms with Crippen LogP contribution in [0.15, 0.2) is 30.3 Å². The highest BCUT2D eigenvalue weighted by Crippen LogP contribution is 2.50. The van der Waals surface area contributed by atoms with Crippen molar-refractivity contribution in [3.63, 3.8) is 0 Å². The molecule has 5 fully saturated rings. The topological polar surface area (TPSA) is 84.8 Å². The summed E-state index contributed by atoms with van der Waals surface area (Å²) in [5.74, 6) is -0.333. The molecule has 3 aliphatic heterocycles. The second-order valence-electron chi connectivity index (χ2n) is 14.9. The summed E-state index contributed by atoms with van der Waals surface area (Å²) in [4.78, 5) is 3.69. The molecule has 2 bridgehead atoms. The van der Waals surface area contributed by atoms with Crippen molar-refractivity contribution >= 4 is 5.96 Å². The number of aryl methyl sites for hydroxylation is 1. The van der Waals surface area contributed by atoms with Gasteiger partial charge in [-0.25, -0.2) is 0 Å². The van der Waals surface area contributed by atoms with Crippen LogP contribution >= 0.6 is 0 Å². The Morgan fingerprint density at radius 1 is 0.725 bits per heavy atom. The highest BCUT2D eigenvalue weighted by atomic mass is 15.3. The van der Waals surface area contributed by atoms with Gasteiger partial charge in [0.05, 0.1) is 0 Å². The van der Waals surface area contributed by atoms with Crippen molar-refractivity contribution in [2.45, 2.75) is 127 Å². The lowest BCUT2D eigenvalue weighted by molar-refractivity contribution is -1.06. The van der Waals surface area contributed by atoms with Crippen LogP contribution in [0.4, 0.5) is 0 Å². The van der Waals surface area contributed by atoms with E-state index in [9.17, 15) is 0 Å². The van der Waals surface area contributed by atoms with Gasteiger partial charge in [-0.15, -0.1) is 0 Å². The molecule has 1 aromatic carbocycles. The smallest absolute Gasteiger partial charge is 0.183 e. The Labute approximate surface area is 250 Å². The minimum atomic E-state index is -0.333. The van der Waals surface area contributed by atoms with E-state index < -0.39 is 0 Å². The van der Waals surface area contributed by atoms with Gasteiger partial charge in [-0.05, 0) is 60.3 Å². The first-order valence-corrected chi connectivity index (χ1v) is 16.0. The summed E-state index contributed by atoms with van der Waals surface area (Å²) in [6, 6.07) is 10.6. The van der Waals surface area contributed by atoms with E-state index in [2.05, 4.69) is 90.3 Å². The Hall–Kier alpha value is -1.59. The molecule has 5 aliphatic rings. The first kappa shape index (κ1) is 38.4. The van der Waals surface area contributed by atoms with Gasteiger partial charge in [-0.2, -0.15) is 0 Å². The molecule has 0 atom stereocenters. The molecule has 2 saturated carbocycles. The third kappa shape index (κ3) is 19.5. The largest absolute Gasteiger partial charge is 0.370 e. The third-order valence-electron chi connectivity index (χ3n) is 8.27. The van der Waals surface area contributed by atoms with Gasteiger partial charge in [0.2, 0.25) is 0 Å². The van der Waals surface area contributed by atoms with Crippen LogP contribution in [0.5, 0.6) is 0 Å². The second kappa shape index (κ2) is 19.5. The second-order valence-corrected chi connectivity index (χ2v) is 14.9. The van der Waals surface area contributed by atoms with E-state index in [4.69, 9.17) is 5.41 Å². The lowest BCUT2D eigenvalue weighted by Gasteiger charge is -2.35. The number of rotatable bonds is 2. The summed E-state index contributed by atoms with van der Waals surface area (Å²) in [7, 11) is 0. The molecule has 40 heavy (non-hydrogen) atoms. The zero-order valence-electron chi connectivity index (χ0n) is 27.1. The minimum absolute atomic E-state index is 0. The number of benzene rings is 1. The number of piperazine rings is 3. The average Bonchev–Trinajstić information content (AvgIpc) is 3.52. The van der Waals surface area contributed by atoms with Gasteiger partial charge in [-0.1, -0.05) is 118 Å².